The molecule has 2 saturated heterocycles. The van der Waals surface area contributed by atoms with E-state index in [4.69, 9.17) is 4.74 Å². The van der Waals surface area contributed by atoms with Gasteiger partial charge in [-0.1, -0.05) is 20.3 Å². The van der Waals surface area contributed by atoms with Gasteiger partial charge < -0.3 is 4.74 Å². The highest BCUT2D eigenvalue weighted by molar-refractivity contribution is 5.81. The Morgan fingerprint density at radius 3 is 2.44 bits per heavy atom. The standard InChI is InChI=1S/C14H24O2/c1-10(2)4-3-5-14(15)11-8-12-6-7-13(9-11)16-12/h10-13H,3-9H2,1-2H3. The summed E-state index contributed by atoms with van der Waals surface area (Å²) < 4.78 is 5.77. The quantitative estimate of drug-likeness (QED) is 0.716. The number of ketones is 1. The van der Waals surface area contributed by atoms with Crippen molar-refractivity contribution in [1.82, 2.24) is 0 Å². The first-order valence-electron chi connectivity index (χ1n) is 6.83. The molecule has 2 bridgehead atoms. The highest BCUT2D eigenvalue weighted by Crippen LogP contribution is 2.36. The molecule has 2 nitrogen and oxygen atoms in total. The Morgan fingerprint density at radius 1 is 1.25 bits per heavy atom. The molecule has 2 heterocycles. The Balaban J connectivity index is 1.73. The molecule has 0 aliphatic carbocycles. The third kappa shape index (κ3) is 3.07. The van der Waals surface area contributed by atoms with Crippen molar-refractivity contribution in [2.45, 2.75) is 71.0 Å². The summed E-state index contributed by atoms with van der Waals surface area (Å²) in [6.07, 6.45) is 8.21. The molecular formula is C14H24O2. The van der Waals surface area contributed by atoms with E-state index in [1.54, 1.807) is 0 Å². The Morgan fingerprint density at radius 2 is 1.88 bits per heavy atom. The van der Waals surface area contributed by atoms with Crippen molar-refractivity contribution < 1.29 is 9.53 Å². The number of fused-ring (bicyclic) bond motifs is 2. The van der Waals surface area contributed by atoms with Crippen LogP contribution in [0.1, 0.15) is 58.8 Å². The molecule has 2 unspecified atom stereocenters. The fourth-order valence-electron chi connectivity index (χ4n) is 3.01. The maximum absolute atomic E-state index is 12.0. The molecule has 2 rings (SSSR count). The monoisotopic (exact) mass is 224 g/mol. The van der Waals surface area contributed by atoms with E-state index in [1.807, 2.05) is 0 Å². The molecule has 2 aliphatic rings. The molecule has 2 atom stereocenters. The lowest BCUT2D eigenvalue weighted by atomic mass is 9.88. The van der Waals surface area contributed by atoms with Crippen molar-refractivity contribution in [1.29, 1.82) is 0 Å². The molecule has 2 fully saturated rings. The zero-order valence-corrected chi connectivity index (χ0v) is 10.6. The van der Waals surface area contributed by atoms with Gasteiger partial charge in [-0.3, -0.25) is 4.79 Å². The number of rotatable bonds is 5. The van der Waals surface area contributed by atoms with Gasteiger partial charge in [0.2, 0.25) is 0 Å². The van der Waals surface area contributed by atoms with Crippen LogP contribution in [-0.2, 0) is 9.53 Å². The fraction of sp³-hybridized carbons (Fsp3) is 0.929. The van der Waals surface area contributed by atoms with E-state index in [2.05, 4.69) is 13.8 Å². The van der Waals surface area contributed by atoms with Crippen molar-refractivity contribution >= 4 is 5.78 Å². The lowest BCUT2D eigenvalue weighted by Crippen LogP contribution is -2.29. The average Bonchev–Trinajstić information content (AvgIpc) is 2.57. The van der Waals surface area contributed by atoms with Gasteiger partial charge in [0.15, 0.2) is 0 Å². The number of carbonyl (C=O) groups excluding carboxylic acids is 1. The lowest BCUT2D eigenvalue weighted by molar-refractivity contribution is -0.128. The number of Topliss-reactive ketones (excluding diaryl/α,β-unsaturated/α-hetero) is 1. The van der Waals surface area contributed by atoms with Crippen molar-refractivity contribution in [3.05, 3.63) is 0 Å². The third-order valence-corrected chi connectivity index (χ3v) is 3.95. The molecule has 0 saturated carbocycles. The maximum Gasteiger partial charge on any atom is 0.136 e. The van der Waals surface area contributed by atoms with Gasteiger partial charge in [0.25, 0.3) is 0 Å². The van der Waals surface area contributed by atoms with E-state index in [0.717, 1.165) is 31.6 Å². The van der Waals surface area contributed by atoms with Gasteiger partial charge in [-0.05, 0) is 38.0 Å². The summed E-state index contributed by atoms with van der Waals surface area (Å²) >= 11 is 0. The van der Waals surface area contributed by atoms with Crippen LogP contribution in [0.3, 0.4) is 0 Å². The van der Waals surface area contributed by atoms with Gasteiger partial charge in [-0.15, -0.1) is 0 Å². The molecule has 0 aromatic heterocycles. The number of carbonyl (C=O) groups is 1. The predicted molar refractivity (Wildman–Crippen MR) is 64.3 cm³/mol. The Labute approximate surface area is 98.7 Å². The van der Waals surface area contributed by atoms with Gasteiger partial charge in [0.1, 0.15) is 5.78 Å². The first-order chi connectivity index (χ1) is 7.65. The largest absolute Gasteiger partial charge is 0.375 e. The highest BCUT2D eigenvalue weighted by Gasteiger charge is 2.37. The zero-order valence-electron chi connectivity index (χ0n) is 10.6. The minimum absolute atomic E-state index is 0.318. The van der Waals surface area contributed by atoms with Gasteiger partial charge in [0.05, 0.1) is 12.2 Å². The van der Waals surface area contributed by atoms with E-state index < -0.39 is 0 Å². The minimum Gasteiger partial charge on any atom is -0.375 e. The summed E-state index contributed by atoms with van der Waals surface area (Å²) in [6.45, 7) is 4.44. The van der Waals surface area contributed by atoms with Crippen LogP contribution in [0, 0.1) is 11.8 Å². The molecule has 0 N–H and O–H groups in total. The molecule has 0 amide bonds. The topological polar surface area (TPSA) is 26.3 Å². The first kappa shape index (κ1) is 12.1. The van der Waals surface area contributed by atoms with Gasteiger partial charge in [0, 0.05) is 12.3 Å². The molecule has 0 aromatic carbocycles. The first-order valence-corrected chi connectivity index (χ1v) is 6.83. The second kappa shape index (κ2) is 5.31. The average molecular weight is 224 g/mol. The van der Waals surface area contributed by atoms with E-state index in [0.29, 0.717) is 23.9 Å². The predicted octanol–water partition coefficient (Wildman–Crippen LogP) is 3.34. The molecular weight excluding hydrogens is 200 g/mol. The summed E-state index contributed by atoms with van der Waals surface area (Å²) in [5, 5.41) is 0. The van der Waals surface area contributed by atoms with Gasteiger partial charge >= 0.3 is 0 Å². The third-order valence-electron chi connectivity index (χ3n) is 3.95. The normalized spacial score (nSPS) is 33.3. The summed E-state index contributed by atoms with van der Waals surface area (Å²) in [5.41, 5.74) is 0. The van der Waals surface area contributed by atoms with Crippen LogP contribution in [0.15, 0.2) is 0 Å². The number of ether oxygens (including phenoxy) is 1. The van der Waals surface area contributed by atoms with E-state index in [9.17, 15) is 4.79 Å². The van der Waals surface area contributed by atoms with Crippen LogP contribution in [0.5, 0.6) is 0 Å². The van der Waals surface area contributed by atoms with Crippen molar-refractivity contribution in [2.75, 3.05) is 0 Å². The Hall–Kier alpha value is -0.370. The molecule has 92 valence electrons. The van der Waals surface area contributed by atoms with Crippen LogP contribution in [-0.4, -0.2) is 18.0 Å². The second-order valence-electron chi connectivity index (χ2n) is 5.88. The van der Waals surface area contributed by atoms with Crippen molar-refractivity contribution in [2.24, 2.45) is 11.8 Å². The van der Waals surface area contributed by atoms with Gasteiger partial charge in [-0.2, -0.15) is 0 Å². The fourth-order valence-corrected chi connectivity index (χ4v) is 3.01. The molecule has 16 heavy (non-hydrogen) atoms. The smallest absolute Gasteiger partial charge is 0.136 e. The number of hydrogen-bond donors (Lipinski definition) is 0. The van der Waals surface area contributed by atoms with Crippen LogP contribution >= 0.6 is 0 Å². The van der Waals surface area contributed by atoms with E-state index in [1.165, 1.54) is 19.3 Å². The van der Waals surface area contributed by atoms with E-state index in [-0.39, 0.29) is 0 Å². The zero-order chi connectivity index (χ0) is 11.5. The molecule has 2 heteroatoms. The summed E-state index contributed by atoms with van der Waals surface area (Å²) in [6, 6.07) is 0. The maximum atomic E-state index is 12.0. The minimum atomic E-state index is 0.318. The Bertz CT molecular complexity index is 235. The molecule has 2 aliphatic heterocycles. The summed E-state index contributed by atoms with van der Waals surface area (Å²) in [4.78, 5) is 12.0. The highest BCUT2D eigenvalue weighted by atomic mass is 16.5. The van der Waals surface area contributed by atoms with Crippen LogP contribution in [0.2, 0.25) is 0 Å². The SMILES string of the molecule is CC(C)CCCC(=O)C1CC2CCC(C1)O2. The van der Waals surface area contributed by atoms with Crippen LogP contribution < -0.4 is 0 Å². The van der Waals surface area contributed by atoms with Crippen LogP contribution in [0.4, 0.5) is 0 Å². The Kier molecular flexibility index (Phi) is 4.01. The molecule has 0 radical (unpaired) electrons. The molecule has 0 spiro atoms. The van der Waals surface area contributed by atoms with E-state index >= 15 is 0 Å². The van der Waals surface area contributed by atoms with Gasteiger partial charge in [-0.25, -0.2) is 0 Å². The second-order valence-corrected chi connectivity index (χ2v) is 5.88. The van der Waals surface area contributed by atoms with Crippen molar-refractivity contribution in [3.63, 3.8) is 0 Å². The van der Waals surface area contributed by atoms with Crippen molar-refractivity contribution in [3.8, 4) is 0 Å². The summed E-state index contributed by atoms with van der Waals surface area (Å²) in [5.74, 6) is 1.54. The number of hydrogen-bond acceptors (Lipinski definition) is 2. The lowest BCUT2D eigenvalue weighted by Gasteiger charge is -2.27. The molecule has 0 aromatic rings. The summed E-state index contributed by atoms with van der Waals surface area (Å²) in [7, 11) is 0. The van der Waals surface area contributed by atoms with Crippen LogP contribution in [0.25, 0.3) is 0 Å².